The van der Waals surface area contributed by atoms with Crippen molar-refractivity contribution in [2.45, 2.75) is 38.9 Å². The van der Waals surface area contributed by atoms with Crippen LogP contribution in [-0.2, 0) is 19.1 Å². The van der Waals surface area contributed by atoms with Crippen LogP contribution in [0.2, 0.25) is 0 Å². The van der Waals surface area contributed by atoms with Gasteiger partial charge in [-0.25, -0.2) is 4.90 Å². The van der Waals surface area contributed by atoms with Crippen molar-refractivity contribution >= 4 is 17.7 Å². The second-order valence-corrected chi connectivity index (χ2v) is 4.93. The number of likely N-dealkylation sites (tertiary alicyclic amines) is 1. The van der Waals surface area contributed by atoms with Gasteiger partial charge in [0.15, 0.2) is 0 Å². The Labute approximate surface area is 100 Å². The summed E-state index contributed by atoms with van der Waals surface area (Å²) >= 11 is 0. The first-order valence-corrected chi connectivity index (χ1v) is 5.97. The molecule has 0 aromatic carbocycles. The van der Waals surface area contributed by atoms with Crippen LogP contribution in [0.5, 0.6) is 0 Å². The summed E-state index contributed by atoms with van der Waals surface area (Å²) in [5, 5.41) is 0. The average Bonchev–Trinajstić information content (AvgIpc) is 2.94. The van der Waals surface area contributed by atoms with Crippen molar-refractivity contribution in [3.05, 3.63) is 0 Å². The maximum absolute atomic E-state index is 12.2. The molecule has 0 aliphatic carbocycles. The maximum Gasteiger partial charge on any atom is 0.242 e. The van der Waals surface area contributed by atoms with Crippen LogP contribution in [0.3, 0.4) is 0 Å². The quantitative estimate of drug-likeness (QED) is 0.618. The highest BCUT2D eigenvalue weighted by Gasteiger charge is 2.65. The Morgan fingerprint density at radius 2 is 2.12 bits per heavy atom. The number of hydrogen-bond acceptors (Lipinski definition) is 4. The van der Waals surface area contributed by atoms with E-state index in [1.54, 1.807) is 6.92 Å². The van der Waals surface area contributed by atoms with E-state index in [1.807, 2.05) is 6.92 Å². The molecule has 3 amide bonds. The van der Waals surface area contributed by atoms with Gasteiger partial charge in [-0.1, -0.05) is 13.8 Å². The summed E-state index contributed by atoms with van der Waals surface area (Å²) in [5.41, 5.74) is 0. The Kier molecular flexibility index (Phi) is 1.94. The fourth-order valence-electron chi connectivity index (χ4n) is 3.18. The van der Waals surface area contributed by atoms with E-state index >= 15 is 0 Å². The third-order valence-electron chi connectivity index (χ3n) is 3.98. The highest BCUT2D eigenvalue weighted by molar-refractivity contribution is 6.17. The SMILES string of the molecule is [2H]C1C(C)C2OC1C1C(=O)N(C(=O)CC)C(=O)C21. The predicted octanol–water partition coefficient (Wildman–Crippen LogP) is 0.331. The molecule has 17 heavy (non-hydrogen) atoms. The van der Waals surface area contributed by atoms with Crippen LogP contribution < -0.4 is 0 Å². The van der Waals surface area contributed by atoms with E-state index < -0.39 is 42.1 Å². The zero-order valence-electron chi connectivity index (χ0n) is 10.8. The lowest BCUT2D eigenvalue weighted by Gasteiger charge is -2.21. The molecule has 2 bridgehead atoms. The summed E-state index contributed by atoms with van der Waals surface area (Å²) in [5.74, 6) is -2.57. The van der Waals surface area contributed by atoms with Crippen molar-refractivity contribution in [2.24, 2.45) is 17.8 Å². The molecule has 6 unspecified atom stereocenters. The van der Waals surface area contributed by atoms with Gasteiger partial charge in [-0.05, 0) is 12.3 Å². The molecular formula is C12H15NO4. The first-order chi connectivity index (χ1) is 8.49. The van der Waals surface area contributed by atoms with Crippen molar-refractivity contribution in [1.82, 2.24) is 4.90 Å². The van der Waals surface area contributed by atoms with E-state index in [0.717, 1.165) is 4.90 Å². The molecule has 0 N–H and O–H groups in total. The highest BCUT2D eigenvalue weighted by Crippen LogP contribution is 2.50. The molecule has 3 fully saturated rings. The van der Waals surface area contributed by atoms with Crippen LogP contribution in [0.25, 0.3) is 0 Å². The number of rotatable bonds is 1. The molecule has 92 valence electrons. The molecule has 3 heterocycles. The van der Waals surface area contributed by atoms with Gasteiger partial charge in [-0.3, -0.25) is 14.4 Å². The molecule has 3 rings (SSSR count). The number of ether oxygens (including phenoxy) is 1. The second kappa shape index (κ2) is 3.38. The number of fused-ring (bicyclic) bond motifs is 5. The summed E-state index contributed by atoms with van der Waals surface area (Å²) in [4.78, 5) is 36.8. The summed E-state index contributed by atoms with van der Waals surface area (Å²) in [6.07, 6.45) is -1.26. The Bertz CT molecular complexity index is 419. The van der Waals surface area contributed by atoms with E-state index in [4.69, 9.17) is 6.11 Å². The van der Waals surface area contributed by atoms with E-state index in [-0.39, 0.29) is 18.4 Å². The van der Waals surface area contributed by atoms with Gasteiger partial charge in [0.05, 0.1) is 24.0 Å². The third-order valence-corrected chi connectivity index (χ3v) is 3.98. The number of carbonyl (C=O) groups is 3. The van der Waals surface area contributed by atoms with Gasteiger partial charge in [0.2, 0.25) is 17.7 Å². The van der Waals surface area contributed by atoms with Crippen LogP contribution in [0.1, 0.15) is 28.0 Å². The van der Waals surface area contributed by atoms with Crippen LogP contribution in [0.15, 0.2) is 0 Å². The standard InChI is InChI=1S/C12H15NO4/c1-3-7(14)13-11(15)8-6-4-5(2)10(17-6)9(8)12(13)16/h5-6,8-10H,3-4H2,1-2H3/i4D. The lowest BCUT2D eigenvalue weighted by molar-refractivity contribution is -0.152. The van der Waals surface area contributed by atoms with E-state index in [2.05, 4.69) is 0 Å². The summed E-state index contributed by atoms with van der Waals surface area (Å²) < 4.78 is 13.6. The van der Waals surface area contributed by atoms with Gasteiger partial charge < -0.3 is 4.74 Å². The molecule has 6 atom stereocenters. The first kappa shape index (κ1) is 9.76. The van der Waals surface area contributed by atoms with Crippen molar-refractivity contribution in [3.8, 4) is 0 Å². The summed E-state index contributed by atoms with van der Waals surface area (Å²) in [7, 11) is 0. The third kappa shape index (κ3) is 1.20. The van der Waals surface area contributed by atoms with Crippen LogP contribution in [0, 0.1) is 17.8 Å². The minimum atomic E-state index is -0.614. The van der Waals surface area contributed by atoms with Crippen molar-refractivity contribution in [3.63, 3.8) is 0 Å². The van der Waals surface area contributed by atoms with Gasteiger partial charge in [0.1, 0.15) is 0 Å². The first-order valence-electron chi connectivity index (χ1n) is 6.55. The van der Waals surface area contributed by atoms with Gasteiger partial charge in [0, 0.05) is 7.79 Å². The summed E-state index contributed by atoms with van der Waals surface area (Å²) in [6.45, 7) is 3.48. The largest absolute Gasteiger partial charge is 0.373 e. The maximum atomic E-state index is 12.2. The predicted molar refractivity (Wildman–Crippen MR) is 56.6 cm³/mol. The molecule has 0 aromatic rings. The van der Waals surface area contributed by atoms with Gasteiger partial charge in [-0.2, -0.15) is 0 Å². The topological polar surface area (TPSA) is 63.7 Å². The average molecular weight is 238 g/mol. The van der Waals surface area contributed by atoms with E-state index in [0.29, 0.717) is 0 Å². The van der Waals surface area contributed by atoms with Crippen LogP contribution in [0.4, 0.5) is 0 Å². The number of imide groups is 3. The molecule has 5 heteroatoms. The monoisotopic (exact) mass is 238 g/mol. The molecular weight excluding hydrogens is 222 g/mol. The molecule has 3 saturated heterocycles. The van der Waals surface area contributed by atoms with Crippen molar-refractivity contribution in [1.29, 1.82) is 0 Å². The van der Waals surface area contributed by atoms with Gasteiger partial charge >= 0.3 is 0 Å². The zero-order chi connectivity index (χ0) is 13.2. The van der Waals surface area contributed by atoms with Crippen LogP contribution >= 0.6 is 0 Å². The zero-order valence-corrected chi connectivity index (χ0v) is 9.75. The molecule has 5 nitrogen and oxygen atoms in total. The van der Waals surface area contributed by atoms with Gasteiger partial charge in [-0.15, -0.1) is 0 Å². The molecule has 0 aromatic heterocycles. The minimum Gasteiger partial charge on any atom is -0.373 e. The second-order valence-electron chi connectivity index (χ2n) is 4.93. The highest BCUT2D eigenvalue weighted by atomic mass is 16.5. The van der Waals surface area contributed by atoms with Gasteiger partial charge in [0.25, 0.3) is 0 Å². The smallest absolute Gasteiger partial charge is 0.242 e. The normalized spacial score (nSPS) is 48.6. The number of nitrogens with zero attached hydrogens (tertiary/aromatic N) is 1. The molecule has 0 saturated carbocycles. The fraction of sp³-hybridized carbons (Fsp3) is 0.750. The summed E-state index contributed by atoms with van der Waals surface area (Å²) in [6, 6.07) is 0. The van der Waals surface area contributed by atoms with Crippen molar-refractivity contribution < 1.29 is 20.5 Å². The molecule has 0 radical (unpaired) electrons. The Morgan fingerprint density at radius 1 is 1.47 bits per heavy atom. The number of hydrogen-bond donors (Lipinski definition) is 0. The van der Waals surface area contributed by atoms with E-state index in [1.165, 1.54) is 0 Å². The molecule has 0 spiro atoms. The molecule has 3 aliphatic rings. The lowest BCUT2D eigenvalue weighted by Crippen LogP contribution is -2.39. The van der Waals surface area contributed by atoms with Crippen molar-refractivity contribution in [2.75, 3.05) is 0 Å². The fourth-order valence-corrected chi connectivity index (χ4v) is 3.18. The Balaban J connectivity index is 1.97. The Hall–Kier alpha value is -1.23. The lowest BCUT2D eigenvalue weighted by atomic mass is 9.76. The number of carbonyl (C=O) groups excluding carboxylic acids is 3. The Morgan fingerprint density at radius 3 is 2.76 bits per heavy atom. The van der Waals surface area contributed by atoms with E-state index in [9.17, 15) is 14.4 Å². The number of amides is 3. The molecule has 3 aliphatic heterocycles. The minimum absolute atomic E-state index is 0.0651. The van der Waals surface area contributed by atoms with Crippen LogP contribution in [-0.4, -0.2) is 34.8 Å².